The Bertz CT molecular complexity index is 631. The van der Waals surface area contributed by atoms with Crippen molar-refractivity contribution in [2.24, 2.45) is 0 Å². The van der Waals surface area contributed by atoms with Gasteiger partial charge in [0.1, 0.15) is 11.6 Å². The van der Waals surface area contributed by atoms with Crippen molar-refractivity contribution < 1.29 is 17.9 Å². The molecule has 5 heteroatoms. The number of hydrogen-bond donors (Lipinski definition) is 1. The number of halogens is 3. The molecule has 0 aliphatic rings. The summed E-state index contributed by atoms with van der Waals surface area (Å²) in [5, 5.41) is 2.77. The second kappa shape index (κ2) is 6.52. The van der Waals surface area contributed by atoms with E-state index in [9.17, 15) is 13.2 Å². The van der Waals surface area contributed by atoms with Gasteiger partial charge in [-0.15, -0.1) is 0 Å². The van der Waals surface area contributed by atoms with Crippen molar-refractivity contribution in [3.8, 4) is 5.75 Å². The third kappa shape index (κ3) is 3.48. The van der Waals surface area contributed by atoms with Crippen molar-refractivity contribution in [2.45, 2.75) is 19.9 Å². The molecule has 1 unspecified atom stereocenters. The predicted molar refractivity (Wildman–Crippen MR) is 76.0 cm³/mol. The minimum absolute atomic E-state index is 0.216. The minimum Gasteiger partial charge on any atom is -0.494 e. The molecule has 112 valence electrons. The van der Waals surface area contributed by atoms with Crippen LogP contribution in [0.2, 0.25) is 0 Å². The summed E-state index contributed by atoms with van der Waals surface area (Å²) in [6, 6.07) is 8.32. The molecule has 2 aromatic rings. The van der Waals surface area contributed by atoms with Crippen molar-refractivity contribution in [3.63, 3.8) is 0 Å². The molecule has 0 aliphatic carbocycles. The SMILES string of the molecule is CCOc1ccccc1C(C)Nc1cc(F)cc(F)c1F. The first-order valence-electron chi connectivity index (χ1n) is 6.65. The van der Waals surface area contributed by atoms with E-state index in [-0.39, 0.29) is 11.7 Å². The molecule has 0 amide bonds. The monoisotopic (exact) mass is 295 g/mol. The summed E-state index contributed by atoms with van der Waals surface area (Å²) in [7, 11) is 0. The first-order chi connectivity index (χ1) is 10.0. The highest BCUT2D eigenvalue weighted by Crippen LogP contribution is 2.29. The molecule has 1 N–H and O–H groups in total. The maximum Gasteiger partial charge on any atom is 0.182 e. The van der Waals surface area contributed by atoms with E-state index >= 15 is 0 Å². The van der Waals surface area contributed by atoms with Crippen molar-refractivity contribution in [1.82, 2.24) is 0 Å². The van der Waals surface area contributed by atoms with Crippen LogP contribution in [0.4, 0.5) is 18.9 Å². The molecule has 0 aliphatic heterocycles. The van der Waals surface area contributed by atoms with Gasteiger partial charge in [-0.05, 0) is 19.9 Å². The van der Waals surface area contributed by atoms with E-state index in [2.05, 4.69) is 5.32 Å². The Hall–Kier alpha value is -2.17. The molecule has 0 saturated carbocycles. The highest BCUT2D eigenvalue weighted by molar-refractivity contribution is 5.49. The van der Waals surface area contributed by atoms with E-state index in [1.165, 1.54) is 0 Å². The van der Waals surface area contributed by atoms with Gasteiger partial charge in [0.15, 0.2) is 11.6 Å². The zero-order valence-corrected chi connectivity index (χ0v) is 11.8. The summed E-state index contributed by atoms with van der Waals surface area (Å²) in [5.74, 6) is -2.50. The lowest BCUT2D eigenvalue weighted by Gasteiger charge is -2.19. The number of rotatable bonds is 5. The maximum absolute atomic E-state index is 13.7. The van der Waals surface area contributed by atoms with E-state index in [0.717, 1.165) is 11.6 Å². The highest BCUT2D eigenvalue weighted by atomic mass is 19.2. The molecule has 0 aromatic heterocycles. The highest BCUT2D eigenvalue weighted by Gasteiger charge is 2.16. The summed E-state index contributed by atoms with van der Waals surface area (Å²) in [4.78, 5) is 0. The van der Waals surface area contributed by atoms with Gasteiger partial charge in [0, 0.05) is 17.7 Å². The van der Waals surface area contributed by atoms with Crippen LogP contribution in [0.1, 0.15) is 25.5 Å². The van der Waals surface area contributed by atoms with Crippen LogP contribution >= 0.6 is 0 Å². The maximum atomic E-state index is 13.7. The quantitative estimate of drug-likeness (QED) is 0.809. The number of hydrogen-bond acceptors (Lipinski definition) is 2. The Morgan fingerprint density at radius 1 is 1.14 bits per heavy atom. The van der Waals surface area contributed by atoms with Gasteiger partial charge in [-0.1, -0.05) is 18.2 Å². The van der Waals surface area contributed by atoms with E-state index in [0.29, 0.717) is 18.4 Å². The second-order valence-corrected chi connectivity index (χ2v) is 4.59. The number of para-hydroxylation sites is 1. The fraction of sp³-hybridized carbons (Fsp3) is 0.250. The van der Waals surface area contributed by atoms with Crippen LogP contribution < -0.4 is 10.1 Å². The van der Waals surface area contributed by atoms with Crippen molar-refractivity contribution in [2.75, 3.05) is 11.9 Å². The van der Waals surface area contributed by atoms with E-state index in [1.54, 1.807) is 13.0 Å². The lowest BCUT2D eigenvalue weighted by molar-refractivity contribution is 0.335. The van der Waals surface area contributed by atoms with E-state index < -0.39 is 17.5 Å². The Morgan fingerprint density at radius 2 is 1.86 bits per heavy atom. The molecule has 0 spiro atoms. The van der Waals surface area contributed by atoms with Crippen molar-refractivity contribution in [3.05, 3.63) is 59.4 Å². The summed E-state index contributed by atoms with van der Waals surface area (Å²) < 4.78 is 45.6. The normalized spacial score (nSPS) is 12.0. The average molecular weight is 295 g/mol. The molecular formula is C16H16F3NO. The molecule has 0 saturated heterocycles. The molecule has 0 heterocycles. The molecule has 0 bridgehead atoms. The topological polar surface area (TPSA) is 21.3 Å². The van der Waals surface area contributed by atoms with Gasteiger partial charge in [-0.25, -0.2) is 13.2 Å². The first-order valence-corrected chi connectivity index (χ1v) is 6.65. The average Bonchev–Trinajstić information content (AvgIpc) is 2.45. The lowest BCUT2D eigenvalue weighted by atomic mass is 10.1. The van der Waals surface area contributed by atoms with E-state index in [1.807, 2.05) is 25.1 Å². The molecule has 2 nitrogen and oxygen atoms in total. The third-order valence-corrected chi connectivity index (χ3v) is 3.05. The summed E-state index contributed by atoms with van der Waals surface area (Å²) >= 11 is 0. The number of anilines is 1. The predicted octanol–water partition coefficient (Wildman–Crippen LogP) is 4.68. The Balaban J connectivity index is 2.28. The molecule has 2 aromatic carbocycles. The summed E-state index contributed by atoms with van der Waals surface area (Å²) in [5.41, 5.74) is 0.565. The molecule has 0 fully saturated rings. The van der Waals surface area contributed by atoms with Crippen LogP contribution in [0.5, 0.6) is 5.75 Å². The van der Waals surface area contributed by atoms with Crippen LogP contribution in [-0.4, -0.2) is 6.61 Å². The zero-order valence-electron chi connectivity index (χ0n) is 11.8. The Labute approximate surface area is 121 Å². The third-order valence-electron chi connectivity index (χ3n) is 3.05. The summed E-state index contributed by atoms with van der Waals surface area (Å²) in [6.45, 7) is 4.11. The Morgan fingerprint density at radius 3 is 2.57 bits per heavy atom. The minimum atomic E-state index is -1.22. The van der Waals surface area contributed by atoms with Gasteiger partial charge >= 0.3 is 0 Å². The van der Waals surface area contributed by atoms with Gasteiger partial charge in [-0.3, -0.25) is 0 Å². The molecule has 0 radical (unpaired) electrons. The van der Waals surface area contributed by atoms with Gasteiger partial charge in [0.2, 0.25) is 0 Å². The van der Waals surface area contributed by atoms with Gasteiger partial charge < -0.3 is 10.1 Å². The van der Waals surface area contributed by atoms with Crippen LogP contribution in [-0.2, 0) is 0 Å². The lowest BCUT2D eigenvalue weighted by Crippen LogP contribution is -2.11. The Kier molecular flexibility index (Phi) is 4.73. The van der Waals surface area contributed by atoms with Crippen molar-refractivity contribution >= 4 is 5.69 Å². The van der Waals surface area contributed by atoms with Crippen LogP contribution in [0.3, 0.4) is 0 Å². The van der Waals surface area contributed by atoms with Gasteiger partial charge in [0.05, 0.1) is 18.3 Å². The molecular weight excluding hydrogens is 279 g/mol. The smallest absolute Gasteiger partial charge is 0.182 e. The largest absolute Gasteiger partial charge is 0.494 e. The fourth-order valence-electron chi connectivity index (χ4n) is 2.10. The van der Waals surface area contributed by atoms with Crippen LogP contribution in [0.25, 0.3) is 0 Å². The second-order valence-electron chi connectivity index (χ2n) is 4.59. The standard InChI is InChI=1S/C16H16F3NO/c1-3-21-15-7-5-4-6-12(15)10(2)20-14-9-11(17)8-13(18)16(14)19/h4-10,20H,3H2,1-2H3. The number of benzene rings is 2. The summed E-state index contributed by atoms with van der Waals surface area (Å²) in [6.07, 6.45) is 0. The molecule has 21 heavy (non-hydrogen) atoms. The molecule has 2 rings (SSSR count). The van der Waals surface area contributed by atoms with Gasteiger partial charge in [-0.2, -0.15) is 0 Å². The van der Waals surface area contributed by atoms with Crippen LogP contribution in [0.15, 0.2) is 36.4 Å². The molecule has 1 atom stereocenters. The van der Waals surface area contributed by atoms with E-state index in [4.69, 9.17) is 4.74 Å². The fourth-order valence-corrected chi connectivity index (χ4v) is 2.10. The number of ether oxygens (including phenoxy) is 1. The number of nitrogens with one attached hydrogen (secondary N) is 1. The van der Waals surface area contributed by atoms with Crippen molar-refractivity contribution in [1.29, 1.82) is 0 Å². The van der Waals surface area contributed by atoms with Gasteiger partial charge in [0.25, 0.3) is 0 Å². The zero-order chi connectivity index (χ0) is 15.4. The van der Waals surface area contributed by atoms with Crippen LogP contribution in [0, 0.1) is 17.5 Å². The first kappa shape index (κ1) is 15.2.